The van der Waals surface area contributed by atoms with Crippen molar-refractivity contribution in [3.8, 4) is 0 Å². The fraction of sp³-hybridized carbons (Fsp3) is 1.00. The number of rotatable bonds is 5. The Morgan fingerprint density at radius 3 is 2.21 bits per heavy atom. The summed E-state index contributed by atoms with van der Waals surface area (Å²) in [6, 6.07) is 0.876. The molecule has 0 unspecified atom stereocenters. The highest BCUT2D eigenvalue weighted by atomic mass is 28.4. The largest absolute Gasteiger partial charge is 0.500 e. The molecule has 112 valence electrons. The molecule has 0 saturated carbocycles. The molecular formula is C12H25NO5Si. The van der Waals surface area contributed by atoms with Crippen LogP contribution in [0.1, 0.15) is 6.42 Å². The number of hydrogen-bond donors (Lipinski definition) is 0. The van der Waals surface area contributed by atoms with Crippen LogP contribution in [0, 0.1) is 0 Å². The summed E-state index contributed by atoms with van der Waals surface area (Å²) >= 11 is 0. The molecule has 2 fully saturated rings. The SMILES string of the molecule is CO[Si]1(CCCN2CCOCC2)OCCOCCO1. The molecule has 0 aromatic rings. The van der Waals surface area contributed by atoms with Gasteiger partial charge >= 0.3 is 8.80 Å². The lowest BCUT2D eigenvalue weighted by Crippen LogP contribution is -2.48. The molecular weight excluding hydrogens is 266 g/mol. The van der Waals surface area contributed by atoms with E-state index in [2.05, 4.69) is 4.90 Å². The molecule has 0 bridgehead atoms. The Morgan fingerprint density at radius 2 is 1.58 bits per heavy atom. The second kappa shape index (κ2) is 8.31. The lowest BCUT2D eigenvalue weighted by Gasteiger charge is -2.31. The molecule has 7 heteroatoms. The first-order valence-electron chi connectivity index (χ1n) is 7.05. The van der Waals surface area contributed by atoms with Crippen LogP contribution in [-0.4, -0.2) is 80.1 Å². The normalized spacial score (nSPS) is 25.7. The molecule has 6 nitrogen and oxygen atoms in total. The maximum atomic E-state index is 5.84. The van der Waals surface area contributed by atoms with E-state index in [1.807, 2.05) is 0 Å². The molecule has 0 aromatic heterocycles. The number of hydrogen-bond acceptors (Lipinski definition) is 6. The highest BCUT2D eigenvalue weighted by Gasteiger charge is 2.40. The Balaban J connectivity index is 1.73. The predicted molar refractivity (Wildman–Crippen MR) is 72.2 cm³/mol. The van der Waals surface area contributed by atoms with Crippen molar-refractivity contribution in [3.63, 3.8) is 0 Å². The van der Waals surface area contributed by atoms with Crippen LogP contribution in [0.25, 0.3) is 0 Å². The van der Waals surface area contributed by atoms with Gasteiger partial charge in [0.1, 0.15) is 0 Å². The molecule has 2 heterocycles. The van der Waals surface area contributed by atoms with Crippen LogP contribution >= 0.6 is 0 Å². The van der Waals surface area contributed by atoms with Crippen molar-refractivity contribution in [1.29, 1.82) is 0 Å². The van der Waals surface area contributed by atoms with Crippen LogP contribution in [0.2, 0.25) is 6.04 Å². The minimum Gasteiger partial charge on any atom is -0.379 e. The topological polar surface area (TPSA) is 49.4 Å². The van der Waals surface area contributed by atoms with Crippen molar-refractivity contribution in [1.82, 2.24) is 4.90 Å². The Hall–Kier alpha value is -0.0231. The number of ether oxygens (including phenoxy) is 2. The van der Waals surface area contributed by atoms with Gasteiger partial charge in [-0.15, -0.1) is 0 Å². The maximum absolute atomic E-state index is 5.84. The van der Waals surface area contributed by atoms with E-state index < -0.39 is 8.80 Å². The van der Waals surface area contributed by atoms with Gasteiger partial charge in [-0.3, -0.25) is 4.90 Å². The third-order valence-electron chi connectivity index (χ3n) is 3.47. The first-order chi connectivity index (χ1) is 9.35. The lowest BCUT2D eigenvalue weighted by atomic mass is 10.3. The van der Waals surface area contributed by atoms with Gasteiger partial charge in [0, 0.05) is 26.2 Å². The maximum Gasteiger partial charge on any atom is 0.500 e. The zero-order chi connectivity index (χ0) is 13.4. The van der Waals surface area contributed by atoms with Gasteiger partial charge in [0.25, 0.3) is 0 Å². The zero-order valence-electron chi connectivity index (χ0n) is 11.8. The molecule has 0 N–H and O–H groups in total. The van der Waals surface area contributed by atoms with Crippen LogP contribution in [0.5, 0.6) is 0 Å². The highest BCUT2D eigenvalue weighted by molar-refractivity contribution is 6.60. The Kier molecular flexibility index (Phi) is 6.72. The summed E-state index contributed by atoms with van der Waals surface area (Å²) < 4.78 is 27.9. The Bertz CT molecular complexity index is 242. The van der Waals surface area contributed by atoms with Gasteiger partial charge in [0.05, 0.1) is 39.6 Å². The average Bonchev–Trinajstić information content (AvgIpc) is 2.43. The van der Waals surface area contributed by atoms with E-state index in [0.717, 1.165) is 45.3 Å². The van der Waals surface area contributed by atoms with E-state index in [9.17, 15) is 0 Å². The molecule has 2 saturated heterocycles. The Labute approximate surface area is 116 Å². The molecule has 0 atom stereocenters. The molecule has 0 aliphatic carbocycles. The minimum atomic E-state index is -2.46. The molecule has 19 heavy (non-hydrogen) atoms. The molecule has 0 aromatic carbocycles. The lowest BCUT2D eigenvalue weighted by molar-refractivity contribution is -0.0104. The average molecular weight is 291 g/mol. The van der Waals surface area contributed by atoms with Crippen molar-refractivity contribution in [2.75, 3.05) is 66.4 Å². The van der Waals surface area contributed by atoms with Crippen molar-refractivity contribution < 1.29 is 22.8 Å². The van der Waals surface area contributed by atoms with Gasteiger partial charge in [-0.05, 0) is 13.0 Å². The van der Waals surface area contributed by atoms with Crippen LogP contribution < -0.4 is 0 Å². The van der Waals surface area contributed by atoms with Crippen LogP contribution in [-0.2, 0) is 22.8 Å². The first-order valence-corrected chi connectivity index (χ1v) is 8.99. The zero-order valence-corrected chi connectivity index (χ0v) is 12.8. The summed E-state index contributed by atoms with van der Waals surface area (Å²) in [4.78, 5) is 2.42. The summed E-state index contributed by atoms with van der Waals surface area (Å²) in [5.74, 6) is 0. The van der Waals surface area contributed by atoms with Gasteiger partial charge in [-0.1, -0.05) is 0 Å². The molecule has 0 spiro atoms. The molecule has 0 radical (unpaired) electrons. The van der Waals surface area contributed by atoms with E-state index in [1.165, 1.54) is 0 Å². The number of nitrogens with zero attached hydrogens (tertiary/aromatic N) is 1. The highest BCUT2D eigenvalue weighted by Crippen LogP contribution is 2.18. The summed E-state index contributed by atoms with van der Waals surface area (Å²) in [6.07, 6.45) is 1.04. The quantitative estimate of drug-likeness (QED) is 0.682. The van der Waals surface area contributed by atoms with Gasteiger partial charge in [-0.2, -0.15) is 0 Å². The standard InChI is InChI=1S/C12H25NO5Si/c1-14-19(17-10-8-16-9-11-18-19)12-2-3-13-4-6-15-7-5-13/h2-12H2,1H3. The van der Waals surface area contributed by atoms with Crippen molar-refractivity contribution in [3.05, 3.63) is 0 Å². The van der Waals surface area contributed by atoms with Gasteiger partial charge in [0.15, 0.2) is 0 Å². The van der Waals surface area contributed by atoms with Gasteiger partial charge in [-0.25, -0.2) is 0 Å². The van der Waals surface area contributed by atoms with Crippen molar-refractivity contribution >= 4 is 8.80 Å². The molecule has 2 rings (SSSR count). The van der Waals surface area contributed by atoms with E-state index in [-0.39, 0.29) is 0 Å². The van der Waals surface area contributed by atoms with Gasteiger partial charge < -0.3 is 22.8 Å². The van der Waals surface area contributed by atoms with E-state index >= 15 is 0 Å². The molecule has 2 aliphatic rings. The van der Waals surface area contributed by atoms with Gasteiger partial charge in [0.2, 0.25) is 0 Å². The van der Waals surface area contributed by atoms with Crippen LogP contribution in [0.4, 0.5) is 0 Å². The van der Waals surface area contributed by atoms with Crippen molar-refractivity contribution in [2.45, 2.75) is 12.5 Å². The third-order valence-corrected chi connectivity index (χ3v) is 6.35. The second-order valence-electron chi connectivity index (χ2n) is 4.75. The van der Waals surface area contributed by atoms with Crippen molar-refractivity contribution in [2.24, 2.45) is 0 Å². The first kappa shape index (κ1) is 15.4. The third kappa shape index (κ3) is 5.11. The molecule has 0 amide bonds. The summed E-state index contributed by atoms with van der Waals surface area (Å²) in [7, 11) is -0.764. The number of morpholine rings is 1. The smallest absolute Gasteiger partial charge is 0.379 e. The van der Waals surface area contributed by atoms with Crippen LogP contribution in [0.15, 0.2) is 0 Å². The fourth-order valence-electron chi connectivity index (χ4n) is 2.36. The van der Waals surface area contributed by atoms with E-state index in [1.54, 1.807) is 7.11 Å². The van der Waals surface area contributed by atoms with E-state index in [4.69, 9.17) is 22.8 Å². The minimum absolute atomic E-state index is 0.567. The summed E-state index contributed by atoms with van der Waals surface area (Å²) in [5.41, 5.74) is 0. The second-order valence-corrected chi connectivity index (χ2v) is 7.61. The van der Waals surface area contributed by atoms with E-state index in [0.29, 0.717) is 26.4 Å². The van der Waals surface area contributed by atoms with Crippen LogP contribution in [0.3, 0.4) is 0 Å². The monoisotopic (exact) mass is 291 g/mol. The fourth-order valence-corrected chi connectivity index (χ4v) is 4.56. The predicted octanol–water partition coefficient (Wildman–Crippen LogP) is 0.357. The summed E-state index contributed by atoms with van der Waals surface area (Å²) in [6.45, 7) is 7.19. The molecule has 2 aliphatic heterocycles. The Morgan fingerprint density at radius 1 is 0.947 bits per heavy atom. The summed E-state index contributed by atoms with van der Waals surface area (Å²) in [5, 5.41) is 0.